The first-order valence-corrected chi connectivity index (χ1v) is 9.76. The van der Waals surface area contributed by atoms with Crippen molar-refractivity contribution in [3.05, 3.63) is 58.9 Å². The lowest BCUT2D eigenvalue weighted by Crippen LogP contribution is -2.39. The number of hydrogen-bond acceptors (Lipinski definition) is 5. The summed E-state index contributed by atoms with van der Waals surface area (Å²) in [6, 6.07) is 8.10. The van der Waals surface area contributed by atoms with E-state index in [1.165, 1.54) is 13.0 Å². The zero-order chi connectivity index (χ0) is 22.3. The van der Waals surface area contributed by atoms with E-state index in [1.54, 1.807) is 43.5 Å². The van der Waals surface area contributed by atoms with E-state index in [0.29, 0.717) is 5.56 Å². The molecule has 0 saturated heterocycles. The molecule has 160 valence electrons. The highest BCUT2D eigenvalue weighted by atomic mass is 16.5. The second-order valence-corrected chi connectivity index (χ2v) is 6.90. The third kappa shape index (κ3) is 5.83. The highest BCUT2D eigenvalue weighted by molar-refractivity contribution is 6.00. The number of ether oxygens (including phenoxy) is 2. The van der Waals surface area contributed by atoms with Crippen molar-refractivity contribution < 1.29 is 23.9 Å². The number of methoxy groups -OCH3 is 1. The normalized spacial score (nSPS) is 11.9. The van der Waals surface area contributed by atoms with E-state index in [1.807, 2.05) is 25.3 Å². The van der Waals surface area contributed by atoms with E-state index in [2.05, 4.69) is 5.32 Å². The van der Waals surface area contributed by atoms with Crippen LogP contribution in [-0.2, 0) is 20.9 Å². The molecule has 0 saturated carbocycles. The minimum atomic E-state index is -0.881. The molecule has 1 N–H and O–H groups in total. The molecular formula is C23H28N2O5. The average Bonchev–Trinajstić information content (AvgIpc) is 3.03. The molecule has 7 nitrogen and oxygen atoms in total. The number of carbonyl (C=O) groups excluding carboxylic acids is 3. The van der Waals surface area contributed by atoms with Gasteiger partial charge in [-0.05, 0) is 57.5 Å². The standard InChI is InChI=1S/C23H28N2O5/c1-6-25-15(2)13-20(17(25)4)21(26)14-30-23(28)16(3)24-22(27)12-9-18-7-10-19(29-5)11-8-18/h7-13,16H,6,14H2,1-5H3,(H,24,27). The first-order valence-electron chi connectivity index (χ1n) is 9.76. The maximum absolute atomic E-state index is 12.4. The van der Waals surface area contributed by atoms with Crippen LogP contribution in [0, 0.1) is 13.8 Å². The van der Waals surface area contributed by atoms with Gasteiger partial charge in [0.15, 0.2) is 6.61 Å². The van der Waals surface area contributed by atoms with E-state index in [4.69, 9.17) is 9.47 Å². The van der Waals surface area contributed by atoms with Crippen LogP contribution in [-0.4, -0.2) is 42.0 Å². The summed E-state index contributed by atoms with van der Waals surface area (Å²) >= 11 is 0. The van der Waals surface area contributed by atoms with E-state index in [0.717, 1.165) is 29.2 Å². The number of nitrogens with zero attached hydrogens (tertiary/aromatic N) is 1. The Hall–Kier alpha value is -3.35. The van der Waals surface area contributed by atoms with Crippen LogP contribution in [0.4, 0.5) is 0 Å². The van der Waals surface area contributed by atoms with Gasteiger partial charge in [0, 0.05) is 29.6 Å². The average molecular weight is 412 g/mol. The number of aryl methyl sites for hydroxylation is 1. The van der Waals surface area contributed by atoms with Crippen molar-refractivity contribution in [3.8, 4) is 5.75 Å². The predicted octanol–water partition coefficient (Wildman–Crippen LogP) is 3.08. The Morgan fingerprint density at radius 1 is 1.17 bits per heavy atom. The fraction of sp³-hybridized carbons (Fsp3) is 0.348. The number of Topliss-reactive ketones (excluding diaryl/α,β-unsaturated/α-hetero) is 1. The molecule has 0 spiro atoms. The molecular weight excluding hydrogens is 384 g/mol. The summed E-state index contributed by atoms with van der Waals surface area (Å²) in [6.07, 6.45) is 2.95. The Morgan fingerprint density at radius 2 is 1.83 bits per heavy atom. The highest BCUT2D eigenvalue weighted by Crippen LogP contribution is 2.16. The summed E-state index contributed by atoms with van der Waals surface area (Å²) in [5.74, 6) is -0.653. The van der Waals surface area contributed by atoms with Crippen LogP contribution in [0.5, 0.6) is 5.75 Å². The molecule has 1 heterocycles. The summed E-state index contributed by atoms with van der Waals surface area (Å²) in [5, 5.41) is 2.53. The molecule has 1 atom stereocenters. The molecule has 0 aliphatic carbocycles. The quantitative estimate of drug-likeness (QED) is 0.389. The second-order valence-electron chi connectivity index (χ2n) is 6.90. The molecule has 2 aromatic rings. The smallest absolute Gasteiger partial charge is 0.328 e. The van der Waals surface area contributed by atoms with Crippen LogP contribution in [0.2, 0.25) is 0 Å². The van der Waals surface area contributed by atoms with Crippen molar-refractivity contribution in [2.75, 3.05) is 13.7 Å². The van der Waals surface area contributed by atoms with E-state index < -0.39 is 17.9 Å². The van der Waals surface area contributed by atoms with Crippen molar-refractivity contribution in [3.63, 3.8) is 0 Å². The Bertz CT molecular complexity index is 941. The monoisotopic (exact) mass is 412 g/mol. The Kier molecular flexibility index (Phi) is 7.98. The van der Waals surface area contributed by atoms with Crippen LogP contribution in [0.15, 0.2) is 36.4 Å². The zero-order valence-electron chi connectivity index (χ0n) is 18.0. The van der Waals surface area contributed by atoms with Gasteiger partial charge in [-0.1, -0.05) is 12.1 Å². The first kappa shape index (κ1) is 22.9. The van der Waals surface area contributed by atoms with Gasteiger partial charge in [-0.15, -0.1) is 0 Å². The topological polar surface area (TPSA) is 86.6 Å². The van der Waals surface area contributed by atoms with Crippen molar-refractivity contribution in [2.24, 2.45) is 0 Å². The van der Waals surface area contributed by atoms with Crippen LogP contribution in [0.1, 0.15) is 41.2 Å². The largest absolute Gasteiger partial charge is 0.497 e. The fourth-order valence-corrected chi connectivity index (χ4v) is 3.12. The SMILES string of the molecule is CCn1c(C)cc(C(=O)COC(=O)C(C)NC(=O)C=Cc2ccc(OC)cc2)c1C. The number of amides is 1. The summed E-state index contributed by atoms with van der Waals surface area (Å²) < 4.78 is 12.2. The number of ketones is 1. The number of nitrogens with one attached hydrogen (secondary N) is 1. The summed E-state index contributed by atoms with van der Waals surface area (Å²) in [5.41, 5.74) is 3.19. The summed E-state index contributed by atoms with van der Waals surface area (Å²) in [6.45, 7) is 7.70. The summed E-state index contributed by atoms with van der Waals surface area (Å²) in [4.78, 5) is 36.6. The Labute approximate surface area is 176 Å². The summed E-state index contributed by atoms with van der Waals surface area (Å²) in [7, 11) is 1.58. The van der Waals surface area contributed by atoms with Crippen LogP contribution >= 0.6 is 0 Å². The van der Waals surface area contributed by atoms with Gasteiger partial charge in [-0.25, -0.2) is 4.79 Å². The van der Waals surface area contributed by atoms with Crippen molar-refractivity contribution in [1.29, 1.82) is 0 Å². The molecule has 0 fully saturated rings. The number of benzene rings is 1. The molecule has 30 heavy (non-hydrogen) atoms. The highest BCUT2D eigenvalue weighted by Gasteiger charge is 2.20. The zero-order valence-corrected chi connectivity index (χ0v) is 18.0. The van der Waals surface area contributed by atoms with Gasteiger partial charge in [0.25, 0.3) is 0 Å². The fourth-order valence-electron chi connectivity index (χ4n) is 3.12. The Morgan fingerprint density at radius 3 is 2.40 bits per heavy atom. The molecule has 7 heteroatoms. The molecule has 0 bridgehead atoms. The number of aromatic nitrogens is 1. The van der Waals surface area contributed by atoms with Gasteiger partial charge in [0.1, 0.15) is 11.8 Å². The lowest BCUT2D eigenvalue weighted by molar-refractivity contribution is -0.145. The van der Waals surface area contributed by atoms with E-state index >= 15 is 0 Å². The third-order valence-electron chi connectivity index (χ3n) is 4.79. The molecule has 1 aromatic heterocycles. The minimum Gasteiger partial charge on any atom is -0.497 e. The first-order chi connectivity index (χ1) is 14.3. The van der Waals surface area contributed by atoms with Gasteiger partial charge in [-0.2, -0.15) is 0 Å². The molecule has 1 unspecified atom stereocenters. The van der Waals surface area contributed by atoms with Crippen molar-refractivity contribution in [1.82, 2.24) is 9.88 Å². The molecule has 0 radical (unpaired) electrons. The molecule has 0 aliphatic heterocycles. The van der Waals surface area contributed by atoms with Gasteiger partial charge in [-0.3, -0.25) is 9.59 Å². The minimum absolute atomic E-state index is 0.269. The number of carbonyl (C=O) groups is 3. The van der Waals surface area contributed by atoms with Gasteiger partial charge in [0.2, 0.25) is 11.7 Å². The van der Waals surface area contributed by atoms with Crippen LogP contribution < -0.4 is 10.1 Å². The molecule has 1 aromatic carbocycles. The molecule has 2 rings (SSSR count). The van der Waals surface area contributed by atoms with E-state index in [-0.39, 0.29) is 12.4 Å². The van der Waals surface area contributed by atoms with Gasteiger partial charge < -0.3 is 19.4 Å². The lowest BCUT2D eigenvalue weighted by Gasteiger charge is -2.12. The molecule has 0 aliphatic rings. The third-order valence-corrected chi connectivity index (χ3v) is 4.79. The van der Waals surface area contributed by atoms with Crippen molar-refractivity contribution in [2.45, 2.75) is 40.3 Å². The van der Waals surface area contributed by atoms with Gasteiger partial charge in [0.05, 0.1) is 7.11 Å². The van der Waals surface area contributed by atoms with Crippen LogP contribution in [0.25, 0.3) is 6.08 Å². The maximum Gasteiger partial charge on any atom is 0.328 e. The van der Waals surface area contributed by atoms with E-state index in [9.17, 15) is 14.4 Å². The van der Waals surface area contributed by atoms with Gasteiger partial charge >= 0.3 is 5.97 Å². The number of hydrogen-bond donors (Lipinski definition) is 1. The van der Waals surface area contributed by atoms with Crippen LogP contribution in [0.3, 0.4) is 0 Å². The predicted molar refractivity (Wildman–Crippen MR) is 115 cm³/mol. The number of rotatable bonds is 9. The lowest BCUT2D eigenvalue weighted by atomic mass is 10.1. The number of esters is 1. The Balaban J connectivity index is 1.85. The molecule has 1 amide bonds. The maximum atomic E-state index is 12.4. The second kappa shape index (κ2) is 10.4. The van der Waals surface area contributed by atoms with Crippen molar-refractivity contribution >= 4 is 23.7 Å².